The highest BCUT2D eigenvalue weighted by Gasteiger charge is 2.43. The summed E-state index contributed by atoms with van der Waals surface area (Å²) >= 11 is 3.49. The van der Waals surface area contributed by atoms with Crippen LogP contribution >= 0.6 is 15.9 Å². The molecule has 0 atom stereocenters. The number of nitriles is 1. The number of ketones is 1. The summed E-state index contributed by atoms with van der Waals surface area (Å²) in [6.07, 6.45) is 0.705. The number of halogens is 1. The molecule has 0 bridgehead atoms. The smallest absolute Gasteiger partial charge is 0.193 e. The van der Waals surface area contributed by atoms with Crippen LogP contribution in [0.5, 0.6) is 5.75 Å². The number of methoxy groups -OCH3 is 1. The Labute approximate surface area is 155 Å². The number of allylic oxidation sites excluding steroid dienone is 2. The summed E-state index contributed by atoms with van der Waals surface area (Å²) in [5.41, 5.74) is 6.00. The van der Waals surface area contributed by atoms with Crippen molar-refractivity contribution in [2.45, 2.75) is 25.7 Å². The first kappa shape index (κ1) is 16.1. The van der Waals surface area contributed by atoms with E-state index in [9.17, 15) is 4.79 Å². The van der Waals surface area contributed by atoms with Gasteiger partial charge in [-0.25, -0.2) is 0 Å². The maximum atomic E-state index is 13.3. The van der Waals surface area contributed by atoms with Crippen molar-refractivity contribution < 1.29 is 9.53 Å². The number of rotatable bonds is 1. The molecule has 2 aliphatic rings. The first-order chi connectivity index (χ1) is 11.9. The van der Waals surface area contributed by atoms with Crippen LogP contribution < -0.4 is 4.74 Å². The second-order valence-corrected chi connectivity index (χ2v) is 7.85. The summed E-state index contributed by atoms with van der Waals surface area (Å²) in [4.78, 5) is 13.3. The Kier molecular flexibility index (Phi) is 3.42. The van der Waals surface area contributed by atoms with Gasteiger partial charge in [0.05, 0.1) is 23.2 Å². The van der Waals surface area contributed by atoms with Crippen LogP contribution in [0.2, 0.25) is 0 Å². The van der Waals surface area contributed by atoms with Crippen LogP contribution in [0.25, 0.3) is 5.57 Å². The first-order valence-corrected chi connectivity index (χ1v) is 8.87. The van der Waals surface area contributed by atoms with Gasteiger partial charge in [-0.05, 0) is 68.9 Å². The van der Waals surface area contributed by atoms with Crippen LogP contribution in [-0.2, 0) is 11.8 Å². The van der Waals surface area contributed by atoms with E-state index >= 15 is 0 Å². The molecule has 4 heteroatoms. The fourth-order valence-electron chi connectivity index (χ4n) is 4.00. The van der Waals surface area contributed by atoms with Crippen LogP contribution in [0.1, 0.15) is 46.5 Å². The zero-order valence-electron chi connectivity index (χ0n) is 14.2. The number of nitrogens with zero attached hydrogens (tertiary/aromatic N) is 1. The zero-order chi connectivity index (χ0) is 17.9. The minimum atomic E-state index is -0.279. The molecular formula is C21H16BrNO2. The summed E-state index contributed by atoms with van der Waals surface area (Å²) in [6.45, 7) is 4.30. The summed E-state index contributed by atoms with van der Waals surface area (Å²) in [7, 11) is 1.63. The average molecular weight is 394 g/mol. The molecule has 0 aromatic heterocycles. The van der Waals surface area contributed by atoms with E-state index in [0.29, 0.717) is 17.5 Å². The summed E-state index contributed by atoms with van der Waals surface area (Å²) < 4.78 is 6.21. The predicted octanol–water partition coefficient (Wildman–Crippen LogP) is 4.81. The van der Waals surface area contributed by atoms with E-state index in [0.717, 1.165) is 38.1 Å². The molecule has 0 saturated heterocycles. The van der Waals surface area contributed by atoms with E-state index in [1.165, 1.54) is 0 Å². The molecule has 3 nitrogen and oxygen atoms in total. The third kappa shape index (κ3) is 2.12. The highest BCUT2D eigenvalue weighted by atomic mass is 79.9. The van der Waals surface area contributed by atoms with Crippen LogP contribution in [0, 0.1) is 11.3 Å². The van der Waals surface area contributed by atoms with Gasteiger partial charge >= 0.3 is 0 Å². The molecule has 0 spiro atoms. The van der Waals surface area contributed by atoms with E-state index in [2.05, 4.69) is 35.8 Å². The lowest BCUT2D eigenvalue weighted by Crippen LogP contribution is -2.29. The maximum absolute atomic E-state index is 13.3. The molecule has 0 N–H and O–H groups in total. The van der Waals surface area contributed by atoms with Crippen LogP contribution in [0.3, 0.4) is 0 Å². The summed E-state index contributed by atoms with van der Waals surface area (Å²) in [5, 5.41) is 9.16. The third-order valence-electron chi connectivity index (χ3n) is 5.36. The normalized spacial score (nSPS) is 16.8. The fraction of sp³-hybridized carbons (Fsp3) is 0.238. The topological polar surface area (TPSA) is 50.1 Å². The highest BCUT2D eigenvalue weighted by Crippen LogP contribution is 2.51. The van der Waals surface area contributed by atoms with Crippen molar-refractivity contribution in [1.82, 2.24) is 0 Å². The largest absolute Gasteiger partial charge is 0.496 e. The molecule has 0 saturated carbocycles. The van der Waals surface area contributed by atoms with Crippen molar-refractivity contribution in [2.75, 3.05) is 7.11 Å². The fourth-order valence-corrected chi connectivity index (χ4v) is 4.50. The van der Waals surface area contributed by atoms with Gasteiger partial charge in [-0.15, -0.1) is 0 Å². The van der Waals surface area contributed by atoms with Gasteiger partial charge in [-0.2, -0.15) is 5.26 Å². The second kappa shape index (κ2) is 5.31. The number of ether oxygens (including phenoxy) is 1. The number of carbonyl (C=O) groups is 1. The molecule has 0 fully saturated rings. The van der Waals surface area contributed by atoms with Crippen LogP contribution in [0.15, 0.2) is 40.4 Å². The molecule has 25 heavy (non-hydrogen) atoms. The minimum absolute atomic E-state index is 0.0520. The molecule has 2 aromatic rings. The van der Waals surface area contributed by atoms with E-state index < -0.39 is 0 Å². The Morgan fingerprint density at radius 2 is 1.96 bits per heavy atom. The van der Waals surface area contributed by atoms with Crippen molar-refractivity contribution in [3.63, 3.8) is 0 Å². The minimum Gasteiger partial charge on any atom is -0.496 e. The van der Waals surface area contributed by atoms with E-state index in [-0.39, 0.29) is 11.2 Å². The number of hydrogen-bond acceptors (Lipinski definition) is 3. The van der Waals surface area contributed by atoms with Gasteiger partial charge in [0.2, 0.25) is 0 Å². The van der Waals surface area contributed by atoms with Gasteiger partial charge in [0.15, 0.2) is 5.78 Å². The van der Waals surface area contributed by atoms with Gasteiger partial charge in [0.1, 0.15) is 5.75 Å². The maximum Gasteiger partial charge on any atom is 0.193 e. The SMILES string of the molecule is COc1cc2c(cc1Br)C(=O)C1=C(Cc3cc(C#N)ccc31)C2(C)C. The Morgan fingerprint density at radius 3 is 2.64 bits per heavy atom. The monoisotopic (exact) mass is 393 g/mol. The first-order valence-electron chi connectivity index (χ1n) is 8.08. The van der Waals surface area contributed by atoms with Gasteiger partial charge in [0, 0.05) is 16.6 Å². The molecule has 0 heterocycles. The van der Waals surface area contributed by atoms with Gasteiger partial charge in [0.25, 0.3) is 0 Å². The molecule has 0 unspecified atom stereocenters. The number of benzene rings is 2. The van der Waals surface area contributed by atoms with Crippen molar-refractivity contribution >= 4 is 27.3 Å². The van der Waals surface area contributed by atoms with Crippen molar-refractivity contribution in [1.29, 1.82) is 5.26 Å². The zero-order valence-corrected chi connectivity index (χ0v) is 15.8. The van der Waals surface area contributed by atoms with Gasteiger partial charge in [-0.1, -0.05) is 19.9 Å². The van der Waals surface area contributed by atoms with Gasteiger partial charge in [-0.3, -0.25) is 4.79 Å². The Hall–Kier alpha value is -2.38. The molecule has 0 radical (unpaired) electrons. The Balaban J connectivity index is 1.96. The predicted molar refractivity (Wildman–Crippen MR) is 99.8 cm³/mol. The van der Waals surface area contributed by atoms with Gasteiger partial charge < -0.3 is 4.74 Å². The van der Waals surface area contributed by atoms with Crippen LogP contribution in [0.4, 0.5) is 0 Å². The van der Waals surface area contributed by atoms with Crippen molar-refractivity contribution in [3.05, 3.63) is 68.2 Å². The van der Waals surface area contributed by atoms with E-state index in [1.54, 1.807) is 13.2 Å². The number of fused-ring (bicyclic) bond motifs is 3. The molecule has 2 aliphatic carbocycles. The summed E-state index contributed by atoms with van der Waals surface area (Å²) in [5.74, 6) is 0.780. The lowest BCUT2D eigenvalue weighted by atomic mass is 9.68. The van der Waals surface area contributed by atoms with E-state index in [4.69, 9.17) is 10.00 Å². The number of Topliss-reactive ketones (excluding diaryl/α,β-unsaturated/α-hetero) is 1. The number of carbonyl (C=O) groups excluding carboxylic acids is 1. The standard InChI is InChI=1S/C21H16BrNO2/c1-21(2)15-9-18(25-3)17(22)8-14(15)20(24)19-13-5-4-11(10-23)6-12(13)7-16(19)21/h4-6,8-9H,7H2,1-3H3. The lowest BCUT2D eigenvalue weighted by molar-refractivity contribution is 0.105. The molecular weight excluding hydrogens is 378 g/mol. The molecule has 0 aliphatic heterocycles. The van der Waals surface area contributed by atoms with E-state index in [1.807, 2.05) is 24.3 Å². The Bertz CT molecular complexity index is 1020. The molecule has 124 valence electrons. The quantitative estimate of drug-likeness (QED) is 0.697. The highest BCUT2D eigenvalue weighted by molar-refractivity contribution is 9.10. The molecule has 4 rings (SSSR count). The molecule has 2 aromatic carbocycles. The third-order valence-corrected chi connectivity index (χ3v) is 5.98. The lowest BCUT2D eigenvalue weighted by Gasteiger charge is -2.34. The van der Waals surface area contributed by atoms with Crippen molar-refractivity contribution in [2.24, 2.45) is 0 Å². The van der Waals surface area contributed by atoms with Crippen molar-refractivity contribution in [3.8, 4) is 11.8 Å². The van der Waals surface area contributed by atoms with Crippen LogP contribution in [-0.4, -0.2) is 12.9 Å². The second-order valence-electron chi connectivity index (χ2n) is 7.00. The summed E-state index contributed by atoms with van der Waals surface area (Å²) in [6, 6.07) is 11.6. The molecule has 0 amide bonds. The number of hydrogen-bond donors (Lipinski definition) is 0. The Morgan fingerprint density at radius 1 is 1.20 bits per heavy atom. The average Bonchev–Trinajstić information content (AvgIpc) is 2.99.